The van der Waals surface area contributed by atoms with Crippen LogP contribution in [-0.4, -0.2) is 43.5 Å². The molecule has 202 valence electrons. The molecule has 0 aromatic heterocycles. The minimum Gasteiger partial charge on any atom is -0.493 e. The summed E-state index contributed by atoms with van der Waals surface area (Å²) in [6.45, 7) is 2.70. The third-order valence-electron chi connectivity index (χ3n) is 6.25. The second-order valence-corrected chi connectivity index (χ2v) is 9.79. The van der Waals surface area contributed by atoms with Crippen molar-refractivity contribution in [3.63, 3.8) is 0 Å². The summed E-state index contributed by atoms with van der Waals surface area (Å²) in [5.74, 6) is 0.874. The van der Waals surface area contributed by atoms with Crippen LogP contribution in [0.3, 0.4) is 0 Å². The van der Waals surface area contributed by atoms with Crippen LogP contribution in [0.1, 0.15) is 36.5 Å². The van der Waals surface area contributed by atoms with Gasteiger partial charge in [0.1, 0.15) is 6.04 Å². The molecule has 0 saturated heterocycles. The van der Waals surface area contributed by atoms with Gasteiger partial charge >= 0.3 is 0 Å². The fourth-order valence-electron chi connectivity index (χ4n) is 4.18. The zero-order valence-corrected chi connectivity index (χ0v) is 23.5. The predicted molar refractivity (Wildman–Crippen MR) is 152 cm³/mol. The van der Waals surface area contributed by atoms with Crippen molar-refractivity contribution in [2.45, 2.75) is 45.2 Å². The molecule has 1 atom stereocenters. The minimum absolute atomic E-state index is 0.154. The van der Waals surface area contributed by atoms with Crippen LogP contribution in [0, 0.1) is 0 Å². The summed E-state index contributed by atoms with van der Waals surface area (Å²) >= 11 is 12.6. The molecule has 0 bridgehead atoms. The average molecular weight is 558 g/mol. The molecule has 1 unspecified atom stereocenters. The van der Waals surface area contributed by atoms with Gasteiger partial charge in [0, 0.05) is 36.0 Å². The normalized spacial score (nSPS) is 11.5. The lowest BCUT2D eigenvalue weighted by Crippen LogP contribution is -2.50. The summed E-state index contributed by atoms with van der Waals surface area (Å²) in [5.41, 5.74) is 2.61. The van der Waals surface area contributed by atoms with Crippen molar-refractivity contribution in [1.82, 2.24) is 10.2 Å². The zero-order chi connectivity index (χ0) is 27.5. The van der Waals surface area contributed by atoms with Crippen LogP contribution in [0.25, 0.3) is 0 Å². The standard InChI is InChI=1S/C30H34Cl2N2O4/c1-4-16-33-30(36)26(17-21-8-6-5-7-9-21)34(20-23-12-13-24(31)19-25(23)32)29(35)15-11-22-10-14-27(37-2)28(18-22)38-3/h5-10,12-14,18-19,26H,4,11,15-17,20H2,1-3H3,(H,33,36). The number of halogens is 2. The molecule has 0 radical (unpaired) electrons. The molecule has 0 saturated carbocycles. The summed E-state index contributed by atoms with van der Waals surface area (Å²) in [6.07, 6.45) is 1.84. The van der Waals surface area contributed by atoms with Crippen molar-refractivity contribution in [2.75, 3.05) is 20.8 Å². The van der Waals surface area contributed by atoms with Crippen molar-refractivity contribution in [2.24, 2.45) is 0 Å². The van der Waals surface area contributed by atoms with Crippen LogP contribution in [0.15, 0.2) is 66.7 Å². The molecule has 0 spiro atoms. The molecule has 0 fully saturated rings. The van der Waals surface area contributed by atoms with E-state index >= 15 is 0 Å². The van der Waals surface area contributed by atoms with Gasteiger partial charge in [-0.2, -0.15) is 0 Å². The molecule has 3 rings (SSSR count). The van der Waals surface area contributed by atoms with Crippen LogP contribution in [0.2, 0.25) is 10.0 Å². The molecule has 0 aliphatic rings. The van der Waals surface area contributed by atoms with E-state index < -0.39 is 6.04 Å². The molecule has 6 nitrogen and oxygen atoms in total. The Balaban J connectivity index is 1.92. The molecule has 0 aliphatic carbocycles. The molecule has 2 amide bonds. The van der Waals surface area contributed by atoms with Gasteiger partial charge in [0.2, 0.25) is 11.8 Å². The van der Waals surface area contributed by atoms with Gasteiger partial charge < -0.3 is 19.7 Å². The van der Waals surface area contributed by atoms with Crippen molar-refractivity contribution in [3.8, 4) is 11.5 Å². The maximum Gasteiger partial charge on any atom is 0.243 e. The summed E-state index contributed by atoms with van der Waals surface area (Å²) < 4.78 is 10.7. The number of ether oxygens (including phenoxy) is 2. The van der Waals surface area contributed by atoms with E-state index in [9.17, 15) is 9.59 Å². The van der Waals surface area contributed by atoms with Gasteiger partial charge in [-0.3, -0.25) is 9.59 Å². The molecular formula is C30H34Cl2N2O4. The topological polar surface area (TPSA) is 67.9 Å². The Bertz CT molecular complexity index is 1220. The number of amides is 2. The van der Waals surface area contributed by atoms with E-state index in [2.05, 4.69) is 5.32 Å². The van der Waals surface area contributed by atoms with Crippen LogP contribution < -0.4 is 14.8 Å². The molecule has 1 N–H and O–H groups in total. The first-order valence-electron chi connectivity index (χ1n) is 12.6. The molecule has 8 heteroatoms. The number of carbonyl (C=O) groups is 2. The number of rotatable bonds is 13. The molecule has 0 aliphatic heterocycles. The van der Waals surface area contributed by atoms with Gasteiger partial charge in [-0.05, 0) is 53.8 Å². The van der Waals surface area contributed by atoms with Crippen LogP contribution in [0.4, 0.5) is 0 Å². The van der Waals surface area contributed by atoms with Gasteiger partial charge in [0.25, 0.3) is 0 Å². The van der Waals surface area contributed by atoms with Gasteiger partial charge in [0.15, 0.2) is 11.5 Å². The number of hydrogen-bond acceptors (Lipinski definition) is 4. The smallest absolute Gasteiger partial charge is 0.243 e. The van der Waals surface area contributed by atoms with E-state index in [1.54, 1.807) is 37.3 Å². The zero-order valence-electron chi connectivity index (χ0n) is 22.0. The fraction of sp³-hybridized carbons (Fsp3) is 0.333. The first-order valence-corrected chi connectivity index (χ1v) is 13.4. The van der Waals surface area contributed by atoms with Gasteiger partial charge in [-0.1, -0.05) is 72.6 Å². The highest BCUT2D eigenvalue weighted by atomic mass is 35.5. The number of carbonyl (C=O) groups excluding carboxylic acids is 2. The van der Waals surface area contributed by atoms with E-state index in [0.29, 0.717) is 40.9 Å². The third kappa shape index (κ3) is 8.14. The number of aryl methyl sites for hydroxylation is 1. The Hall–Kier alpha value is -3.22. The van der Waals surface area contributed by atoms with Crippen LogP contribution in [0.5, 0.6) is 11.5 Å². The molecule has 3 aromatic rings. The monoisotopic (exact) mass is 556 g/mol. The Labute approximate surface area is 234 Å². The van der Waals surface area contributed by atoms with E-state index in [-0.39, 0.29) is 24.8 Å². The largest absolute Gasteiger partial charge is 0.493 e. The van der Waals surface area contributed by atoms with Crippen molar-refractivity contribution in [1.29, 1.82) is 0 Å². The Morgan fingerprint density at radius 3 is 2.32 bits per heavy atom. The molecule has 3 aromatic carbocycles. The lowest BCUT2D eigenvalue weighted by Gasteiger charge is -2.32. The third-order valence-corrected chi connectivity index (χ3v) is 6.84. The maximum atomic E-state index is 13.8. The minimum atomic E-state index is -0.714. The second kappa shape index (κ2) is 14.6. The second-order valence-electron chi connectivity index (χ2n) is 8.94. The van der Waals surface area contributed by atoms with E-state index in [4.69, 9.17) is 32.7 Å². The highest BCUT2D eigenvalue weighted by Gasteiger charge is 2.30. The lowest BCUT2D eigenvalue weighted by atomic mass is 10.0. The van der Waals surface area contributed by atoms with Gasteiger partial charge in [-0.25, -0.2) is 0 Å². The summed E-state index contributed by atoms with van der Waals surface area (Å²) in [5, 5.41) is 3.93. The first kappa shape index (κ1) is 29.3. The molecule has 38 heavy (non-hydrogen) atoms. The van der Waals surface area contributed by atoms with Crippen molar-refractivity contribution in [3.05, 3.63) is 93.5 Å². The van der Waals surface area contributed by atoms with Gasteiger partial charge in [-0.15, -0.1) is 0 Å². The molecular weight excluding hydrogens is 523 g/mol. The SMILES string of the molecule is CCCNC(=O)C(Cc1ccccc1)N(Cc1ccc(Cl)cc1Cl)C(=O)CCc1ccc(OC)c(OC)c1. The van der Waals surface area contributed by atoms with Crippen molar-refractivity contribution >= 4 is 35.0 Å². The van der Waals surface area contributed by atoms with E-state index in [1.165, 1.54) is 0 Å². The number of benzene rings is 3. The van der Waals surface area contributed by atoms with Crippen molar-refractivity contribution < 1.29 is 19.1 Å². The lowest BCUT2D eigenvalue weighted by molar-refractivity contribution is -0.141. The highest BCUT2D eigenvalue weighted by Crippen LogP contribution is 2.29. The van der Waals surface area contributed by atoms with E-state index in [1.807, 2.05) is 55.5 Å². The highest BCUT2D eigenvalue weighted by molar-refractivity contribution is 6.35. The Morgan fingerprint density at radius 2 is 1.66 bits per heavy atom. The quantitative estimate of drug-likeness (QED) is 0.276. The summed E-state index contributed by atoms with van der Waals surface area (Å²) in [4.78, 5) is 28.9. The molecule has 0 heterocycles. The summed E-state index contributed by atoms with van der Waals surface area (Å²) in [6, 6.07) is 19.7. The Morgan fingerprint density at radius 1 is 0.921 bits per heavy atom. The number of methoxy groups -OCH3 is 2. The maximum absolute atomic E-state index is 13.8. The first-order chi connectivity index (χ1) is 18.4. The number of nitrogens with one attached hydrogen (secondary N) is 1. The predicted octanol–water partition coefficient (Wildman–Crippen LogP) is 6.11. The number of hydrogen-bond donors (Lipinski definition) is 1. The number of nitrogens with zero attached hydrogens (tertiary/aromatic N) is 1. The average Bonchev–Trinajstić information content (AvgIpc) is 2.93. The Kier molecular flexibility index (Phi) is 11.3. The van der Waals surface area contributed by atoms with Gasteiger partial charge in [0.05, 0.1) is 14.2 Å². The fourth-order valence-corrected chi connectivity index (χ4v) is 4.65. The van der Waals surface area contributed by atoms with E-state index in [0.717, 1.165) is 23.1 Å². The summed E-state index contributed by atoms with van der Waals surface area (Å²) in [7, 11) is 3.16. The van der Waals surface area contributed by atoms with Crippen LogP contribution in [-0.2, 0) is 29.0 Å². The van der Waals surface area contributed by atoms with Crippen LogP contribution >= 0.6 is 23.2 Å².